The van der Waals surface area contributed by atoms with Gasteiger partial charge in [-0.1, -0.05) is 23.7 Å². The van der Waals surface area contributed by atoms with Crippen LogP contribution in [-0.4, -0.2) is 44.2 Å². The molecule has 0 radical (unpaired) electrons. The van der Waals surface area contributed by atoms with Crippen LogP contribution in [0.3, 0.4) is 0 Å². The molecule has 1 heterocycles. The molecule has 0 unspecified atom stereocenters. The van der Waals surface area contributed by atoms with E-state index in [4.69, 9.17) is 21.1 Å². The lowest BCUT2D eigenvalue weighted by atomic mass is 10.1. The maximum Gasteiger partial charge on any atom is 0.225 e. The summed E-state index contributed by atoms with van der Waals surface area (Å²) in [5.41, 5.74) is 1.05. The van der Waals surface area contributed by atoms with Crippen molar-refractivity contribution < 1.29 is 14.3 Å². The van der Waals surface area contributed by atoms with E-state index in [1.807, 2.05) is 29.2 Å². The highest BCUT2D eigenvalue weighted by Gasteiger charge is 2.24. The van der Waals surface area contributed by atoms with Gasteiger partial charge in [-0.3, -0.25) is 4.79 Å². The third-order valence-corrected chi connectivity index (χ3v) is 3.43. The highest BCUT2D eigenvalue weighted by Crippen LogP contribution is 2.23. The van der Waals surface area contributed by atoms with Crippen LogP contribution in [0.4, 0.5) is 0 Å². The Labute approximate surface area is 118 Å². The lowest BCUT2D eigenvalue weighted by molar-refractivity contribution is -0.139. The Kier molecular flexibility index (Phi) is 5.19. The summed E-state index contributed by atoms with van der Waals surface area (Å²) in [5, 5.41) is 0.701. The third-order valence-electron chi connectivity index (χ3n) is 3.18. The van der Waals surface area contributed by atoms with Crippen LogP contribution in [0.2, 0.25) is 5.02 Å². The van der Waals surface area contributed by atoms with Crippen molar-refractivity contribution in [1.29, 1.82) is 0 Å². The van der Waals surface area contributed by atoms with Gasteiger partial charge >= 0.3 is 0 Å². The SMILES string of the molecule is COCCC(=O)N1CCO[C@H](c2ccc(Cl)cc2)C1. The number of hydrogen-bond donors (Lipinski definition) is 0. The average molecular weight is 284 g/mol. The molecule has 1 aromatic rings. The molecule has 104 valence electrons. The number of amides is 1. The van der Waals surface area contributed by atoms with Crippen LogP contribution < -0.4 is 0 Å². The summed E-state index contributed by atoms with van der Waals surface area (Å²) in [6.07, 6.45) is 0.349. The fraction of sp³-hybridized carbons (Fsp3) is 0.500. The van der Waals surface area contributed by atoms with Crippen LogP contribution >= 0.6 is 11.6 Å². The molecule has 0 saturated carbocycles. The second-order valence-electron chi connectivity index (χ2n) is 4.49. The van der Waals surface area contributed by atoms with E-state index >= 15 is 0 Å². The first kappa shape index (κ1) is 14.3. The molecule has 0 spiro atoms. The predicted octanol–water partition coefficient (Wildman–Crippen LogP) is 2.28. The predicted molar refractivity (Wildman–Crippen MR) is 73.2 cm³/mol. The Hall–Kier alpha value is -1.10. The van der Waals surface area contributed by atoms with Gasteiger partial charge in [0.2, 0.25) is 5.91 Å². The number of benzene rings is 1. The second kappa shape index (κ2) is 6.89. The summed E-state index contributed by atoms with van der Waals surface area (Å²) in [5.74, 6) is 0.115. The maximum absolute atomic E-state index is 12.0. The van der Waals surface area contributed by atoms with E-state index in [-0.39, 0.29) is 12.0 Å². The Bertz CT molecular complexity index is 421. The number of morpholine rings is 1. The molecule has 19 heavy (non-hydrogen) atoms. The summed E-state index contributed by atoms with van der Waals surface area (Å²) in [6, 6.07) is 7.56. The van der Waals surface area contributed by atoms with Gasteiger partial charge in [0, 0.05) is 18.7 Å². The first-order valence-corrected chi connectivity index (χ1v) is 6.72. The van der Waals surface area contributed by atoms with Crippen molar-refractivity contribution in [2.45, 2.75) is 12.5 Å². The lowest BCUT2D eigenvalue weighted by Crippen LogP contribution is -2.42. The molecule has 5 heteroatoms. The van der Waals surface area contributed by atoms with Gasteiger partial charge in [-0.25, -0.2) is 0 Å². The Balaban J connectivity index is 1.96. The van der Waals surface area contributed by atoms with E-state index in [0.29, 0.717) is 37.7 Å². The molecule has 4 nitrogen and oxygen atoms in total. The largest absolute Gasteiger partial charge is 0.384 e. The molecule has 2 rings (SSSR count). The molecule has 1 atom stereocenters. The van der Waals surface area contributed by atoms with E-state index in [1.165, 1.54) is 0 Å². The summed E-state index contributed by atoms with van der Waals surface area (Å²) in [6.45, 7) is 2.25. The number of carbonyl (C=O) groups is 1. The quantitative estimate of drug-likeness (QED) is 0.851. The van der Waals surface area contributed by atoms with E-state index in [9.17, 15) is 4.79 Å². The van der Waals surface area contributed by atoms with Crippen LogP contribution in [0.25, 0.3) is 0 Å². The Morgan fingerprint density at radius 1 is 1.47 bits per heavy atom. The smallest absolute Gasteiger partial charge is 0.225 e. The molecule has 1 aliphatic rings. The Morgan fingerprint density at radius 2 is 2.21 bits per heavy atom. The number of ether oxygens (including phenoxy) is 2. The zero-order valence-corrected chi connectivity index (χ0v) is 11.7. The molecule has 1 aliphatic heterocycles. The van der Waals surface area contributed by atoms with Crippen LogP contribution in [0, 0.1) is 0 Å². The van der Waals surface area contributed by atoms with Gasteiger partial charge in [-0.05, 0) is 17.7 Å². The molecule has 0 aromatic heterocycles. The summed E-state index contributed by atoms with van der Waals surface area (Å²) in [7, 11) is 1.60. The summed E-state index contributed by atoms with van der Waals surface area (Å²) in [4.78, 5) is 13.8. The van der Waals surface area contributed by atoms with Crippen molar-refractivity contribution in [3.05, 3.63) is 34.9 Å². The Morgan fingerprint density at radius 3 is 2.89 bits per heavy atom. The third kappa shape index (κ3) is 3.93. The summed E-state index contributed by atoms with van der Waals surface area (Å²) < 4.78 is 10.7. The fourth-order valence-corrected chi connectivity index (χ4v) is 2.23. The second-order valence-corrected chi connectivity index (χ2v) is 4.93. The van der Waals surface area contributed by atoms with Crippen LogP contribution in [0.15, 0.2) is 24.3 Å². The molecular weight excluding hydrogens is 266 g/mol. The van der Waals surface area contributed by atoms with Crippen LogP contribution in [0.5, 0.6) is 0 Å². The minimum atomic E-state index is -0.0717. The maximum atomic E-state index is 12.0. The fourth-order valence-electron chi connectivity index (χ4n) is 2.10. The molecule has 1 saturated heterocycles. The summed E-state index contributed by atoms with van der Waals surface area (Å²) >= 11 is 5.87. The molecule has 0 aliphatic carbocycles. The van der Waals surface area contributed by atoms with Gasteiger partial charge in [0.05, 0.1) is 26.2 Å². The standard InChI is InChI=1S/C14H18ClNO3/c1-18-8-6-14(17)16-7-9-19-13(10-16)11-2-4-12(15)5-3-11/h2-5,13H,6-10H2,1H3/t13-/m0/s1. The average Bonchev–Trinajstić information content (AvgIpc) is 2.45. The zero-order chi connectivity index (χ0) is 13.7. The van der Waals surface area contributed by atoms with Gasteiger partial charge in [-0.2, -0.15) is 0 Å². The van der Waals surface area contributed by atoms with E-state index in [2.05, 4.69) is 0 Å². The molecule has 0 bridgehead atoms. The van der Waals surface area contributed by atoms with Crippen molar-refractivity contribution in [2.75, 3.05) is 33.4 Å². The molecule has 1 amide bonds. The van der Waals surface area contributed by atoms with E-state index in [1.54, 1.807) is 7.11 Å². The van der Waals surface area contributed by atoms with Gasteiger partial charge < -0.3 is 14.4 Å². The van der Waals surface area contributed by atoms with Crippen molar-refractivity contribution in [2.24, 2.45) is 0 Å². The zero-order valence-electron chi connectivity index (χ0n) is 11.0. The first-order chi connectivity index (χ1) is 9.20. The van der Waals surface area contributed by atoms with Crippen molar-refractivity contribution in [1.82, 2.24) is 4.90 Å². The lowest BCUT2D eigenvalue weighted by Gasteiger charge is -2.33. The van der Waals surface area contributed by atoms with Gasteiger partial charge in [0.1, 0.15) is 6.10 Å². The number of nitrogens with zero attached hydrogens (tertiary/aromatic N) is 1. The van der Waals surface area contributed by atoms with Crippen molar-refractivity contribution >= 4 is 17.5 Å². The normalized spacial score (nSPS) is 19.5. The van der Waals surface area contributed by atoms with Gasteiger partial charge in [0.25, 0.3) is 0 Å². The molecule has 1 aromatic carbocycles. The number of halogens is 1. The molecule has 0 N–H and O–H groups in total. The minimum Gasteiger partial charge on any atom is -0.384 e. The number of methoxy groups -OCH3 is 1. The number of carbonyl (C=O) groups excluding carboxylic acids is 1. The molecular formula is C14H18ClNO3. The first-order valence-electron chi connectivity index (χ1n) is 6.34. The van der Waals surface area contributed by atoms with E-state index in [0.717, 1.165) is 5.56 Å². The van der Waals surface area contributed by atoms with Crippen molar-refractivity contribution in [3.63, 3.8) is 0 Å². The number of hydrogen-bond acceptors (Lipinski definition) is 3. The molecule has 1 fully saturated rings. The van der Waals surface area contributed by atoms with Gasteiger partial charge in [0.15, 0.2) is 0 Å². The van der Waals surface area contributed by atoms with Crippen LogP contribution in [0.1, 0.15) is 18.1 Å². The number of rotatable bonds is 4. The monoisotopic (exact) mass is 283 g/mol. The van der Waals surface area contributed by atoms with Crippen LogP contribution in [-0.2, 0) is 14.3 Å². The van der Waals surface area contributed by atoms with Crippen molar-refractivity contribution in [3.8, 4) is 0 Å². The minimum absolute atomic E-state index is 0.0717. The highest BCUT2D eigenvalue weighted by molar-refractivity contribution is 6.30. The van der Waals surface area contributed by atoms with Gasteiger partial charge in [-0.15, -0.1) is 0 Å². The highest BCUT2D eigenvalue weighted by atomic mass is 35.5. The van der Waals surface area contributed by atoms with E-state index < -0.39 is 0 Å². The topological polar surface area (TPSA) is 38.8 Å².